The van der Waals surface area contributed by atoms with Crippen molar-refractivity contribution in [1.82, 2.24) is 0 Å². The van der Waals surface area contributed by atoms with Crippen LogP contribution in [0.4, 0.5) is 0 Å². The molecule has 0 aliphatic heterocycles. The van der Waals surface area contributed by atoms with E-state index < -0.39 is 0 Å². The fourth-order valence-electron chi connectivity index (χ4n) is 3.56. The molecule has 0 aliphatic carbocycles. The van der Waals surface area contributed by atoms with Gasteiger partial charge in [-0.05, 0) is 29.6 Å². The van der Waals surface area contributed by atoms with Gasteiger partial charge in [0, 0.05) is 0 Å². The molecule has 4 atom stereocenters. The van der Waals surface area contributed by atoms with Crippen LogP contribution in [-0.4, -0.2) is 0 Å². The summed E-state index contributed by atoms with van der Waals surface area (Å²) in [5, 5.41) is 0. The van der Waals surface area contributed by atoms with E-state index in [1.807, 2.05) is 0 Å². The van der Waals surface area contributed by atoms with Crippen molar-refractivity contribution < 1.29 is 0 Å². The van der Waals surface area contributed by atoms with Crippen LogP contribution in [0.2, 0.25) is 0 Å². The Labute approximate surface area is 142 Å². The fraction of sp³-hybridized carbons (Fsp3) is 1.00. The topological polar surface area (TPSA) is 0 Å². The maximum atomic E-state index is 2.48. The molecule has 0 N–H and O–H groups in total. The summed E-state index contributed by atoms with van der Waals surface area (Å²) in [6.45, 7) is 16.9. The van der Waals surface area contributed by atoms with Gasteiger partial charge in [-0.1, -0.05) is 113 Å². The SMILES string of the molecule is CCCC(C)CCC(C)C(C)CCCC(C)CCCC(C)C. The molecule has 0 aromatic rings. The van der Waals surface area contributed by atoms with Gasteiger partial charge in [-0.2, -0.15) is 0 Å². The quantitative estimate of drug-likeness (QED) is 0.304. The molecule has 0 saturated carbocycles. The molecule has 0 aromatic carbocycles. The van der Waals surface area contributed by atoms with Crippen molar-refractivity contribution in [2.75, 3.05) is 0 Å². The van der Waals surface area contributed by atoms with Crippen molar-refractivity contribution in [3.8, 4) is 0 Å². The summed E-state index contributed by atoms with van der Waals surface area (Å²) in [6.07, 6.45) is 14.2. The lowest BCUT2D eigenvalue weighted by atomic mass is 9.84. The molecule has 4 unspecified atom stereocenters. The average Bonchev–Trinajstić information content (AvgIpc) is 2.44. The van der Waals surface area contributed by atoms with Gasteiger partial charge in [0.05, 0.1) is 0 Å². The smallest absolute Gasteiger partial charge is 0.0417 e. The van der Waals surface area contributed by atoms with E-state index in [2.05, 4.69) is 48.5 Å². The zero-order chi connectivity index (χ0) is 17.0. The number of hydrogen-bond acceptors (Lipinski definition) is 0. The average molecular weight is 311 g/mol. The van der Waals surface area contributed by atoms with Gasteiger partial charge in [0.15, 0.2) is 0 Å². The van der Waals surface area contributed by atoms with E-state index >= 15 is 0 Å². The molecule has 0 rings (SSSR count). The van der Waals surface area contributed by atoms with E-state index in [1.165, 1.54) is 64.2 Å². The molecule has 0 aliphatic rings. The molecule has 0 radical (unpaired) electrons. The Morgan fingerprint density at radius 1 is 0.500 bits per heavy atom. The number of hydrogen-bond donors (Lipinski definition) is 0. The molecule has 0 heterocycles. The third-order valence-corrected chi connectivity index (χ3v) is 5.70. The number of rotatable bonds is 14. The van der Waals surface area contributed by atoms with E-state index in [0.717, 1.165) is 29.6 Å². The molecule has 0 nitrogen and oxygen atoms in total. The van der Waals surface area contributed by atoms with Crippen LogP contribution < -0.4 is 0 Å². The molecule has 0 saturated heterocycles. The first-order valence-electron chi connectivity index (χ1n) is 10.4. The van der Waals surface area contributed by atoms with Crippen molar-refractivity contribution >= 4 is 0 Å². The molecular formula is C22H46. The van der Waals surface area contributed by atoms with Gasteiger partial charge in [-0.25, -0.2) is 0 Å². The third-order valence-electron chi connectivity index (χ3n) is 5.70. The molecule has 0 heteroatoms. The van der Waals surface area contributed by atoms with Gasteiger partial charge in [-0.15, -0.1) is 0 Å². The zero-order valence-electron chi connectivity index (χ0n) is 17.0. The van der Waals surface area contributed by atoms with Crippen LogP contribution in [0, 0.1) is 29.6 Å². The lowest BCUT2D eigenvalue weighted by Gasteiger charge is -2.22. The van der Waals surface area contributed by atoms with E-state index in [-0.39, 0.29) is 0 Å². The third kappa shape index (κ3) is 12.5. The van der Waals surface area contributed by atoms with Gasteiger partial charge >= 0.3 is 0 Å². The van der Waals surface area contributed by atoms with Gasteiger partial charge < -0.3 is 0 Å². The van der Waals surface area contributed by atoms with E-state index in [1.54, 1.807) is 0 Å². The molecule has 134 valence electrons. The summed E-state index contributed by atoms with van der Waals surface area (Å²) in [5.74, 6) is 4.57. The molecule has 0 fully saturated rings. The zero-order valence-corrected chi connectivity index (χ0v) is 17.0. The normalized spacial score (nSPS) is 17.5. The van der Waals surface area contributed by atoms with Crippen molar-refractivity contribution in [3.63, 3.8) is 0 Å². The van der Waals surface area contributed by atoms with E-state index in [4.69, 9.17) is 0 Å². The van der Waals surface area contributed by atoms with Crippen LogP contribution in [0.5, 0.6) is 0 Å². The summed E-state index contributed by atoms with van der Waals surface area (Å²) in [5.41, 5.74) is 0. The minimum atomic E-state index is 0.878. The molecule has 0 aromatic heterocycles. The molecular weight excluding hydrogens is 264 g/mol. The van der Waals surface area contributed by atoms with E-state index in [0.29, 0.717) is 0 Å². The summed E-state index contributed by atoms with van der Waals surface area (Å²) < 4.78 is 0. The molecule has 22 heavy (non-hydrogen) atoms. The fourth-order valence-corrected chi connectivity index (χ4v) is 3.56. The molecule has 0 amide bonds. The second kappa shape index (κ2) is 13.4. The lowest BCUT2D eigenvalue weighted by molar-refractivity contribution is 0.296. The summed E-state index contributed by atoms with van der Waals surface area (Å²) >= 11 is 0. The highest BCUT2D eigenvalue weighted by molar-refractivity contribution is 4.66. The second-order valence-electron chi connectivity index (χ2n) is 8.79. The molecule has 0 bridgehead atoms. The standard InChI is InChI=1S/C22H46/c1-8-11-19(4)16-17-22(7)21(6)15-10-14-20(5)13-9-12-18(2)3/h18-22H,8-17H2,1-7H3. The minimum Gasteiger partial charge on any atom is -0.0654 e. The van der Waals surface area contributed by atoms with Crippen LogP contribution in [0.1, 0.15) is 113 Å². The summed E-state index contributed by atoms with van der Waals surface area (Å²) in [4.78, 5) is 0. The largest absolute Gasteiger partial charge is 0.0654 e. The van der Waals surface area contributed by atoms with Crippen molar-refractivity contribution in [1.29, 1.82) is 0 Å². The summed E-state index contributed by atoms with van der Waals surface area (Å²) in [6, 6.07) is 0. The first-order valence-corrected chi connectivity index (χ1v) is 10.4. The Bertz CT molecular complexity index is 230. The highest BCUT2D eigenvalue weighted by Crippen LogP contribution is 2.26. The predicted molar refractivity (Wildman–Crippen MR) is 103 cm³/mol. The van der Waals surface area contributed by atoms with Crippen molar-refractivity contribution in [2.24, 2.45) is 29.6 Å². The van der Waals surface area contributed by atoms with Gasteiger partial charge in [0.1, 0.15) is 0 Å². The van der Waals surface area contributed by atoms with Gasteiger partial charge in [0.25, 0.3) is 0 Å². The Hall–Kier alpha value is 0. The maximum absolute atomic E-state index is 2.48. The van der Waals surface area contributed by atoms with Crippen LogP contribution in [-0.2, 0) is 0 Å². The second-order valence-corrected chi connectivity index (χ2v) is 8.79. The maximum Gasteiger partial charge on any atom is -0.0417 e. The summed E-state index contributed by atoms with van der Waals surface area (Å²) in [7, 11) is 0. The Kier molecular flexibility index (Phi) is 13.4. The van der Waals surface area contributed by atoms with Crippen LogP contribution in [0.25, 0.3) is 0 Å². The van der Waals surface area contributed by atoms with Gasteiger partial charge in [0.2, 0.25) is 0 Å². The first kappa shape index (κ1) is 22.0. The van der Waals surface area contributed by atoms with Crippen LogP contribution in [0.3, 0.4) is 0 Å². The van der Waals surface area contributed by atoms with Gasteiger partial charge in [-0.3, -0.25) is 0 Å². The Morgan fingerprint density at radius 2 is 1.00 bits per heavy atom. The predicted octanol–water partition coefficient (Wildman–Crippen LogP) is 8.11. The monoisotopic (exact) mass is 310 g/mol. The van der Waals surface area contributed by atoms with Crippen LogP contribution >= 0.6 is 0 Å². The van der Waals surface area contributed by atoms with Crippen molar-refractivity contribution in [3.05, 3.63) is 0 Å². The highest BCUT2D eigenvalue weighted by Gasteiger charge is 2.14. The first-order chi connectivity index (χ1) is 10.4. The Balaban J connectivity index is 3.67. The minimum absolute atomic E-state index is 0.878. The molecule has 0 spiro atoms. The van der Waals surface area contributed by atoms with Crippen molar-refractivity contribution in [2.45, 2.75) is 113 Å². The van der Waals surface area contributed by atoms with Crippen LogP contribution in [0.15, 0.2) is 0 Å². The van der Waals surface area contributed by atoms with E-state index in [9.17, 15) is 0 Å². The Morgan fingerprint density at radius 3 is 1.55 bits per heavy atom. The highest BCUT2D eigenvalue weighted by atomic mass is 14.2. The lowest BCUT2D eigenvalue weighted by Crippen LogP contribution is -2.10.